The van der Waals surface area contributed by atoms with Crippen molar-refractivity contribution in [3.8, 4) is 11.8 Å². The molecule has 1 saturated heterocycles. The standard InChI is InChI=1S/C24H23N5O3/c25-15-24(8-12-32-13-9-24)23(31)27-19-2-1-3-20-18(19)7-11-29(20)17-6-10-26-21(14-17)28-22(30)16-4-5-16/h1-3,6-7,10-11,14,16H,4-5,8-9,12-13H2,(H,27,31)(H,26,28,30). The van der Waals surface area contributed by atoms with E-state index < -0.39 is 5.41 Å². The molecule has 3 aromatic rings. The zero-order valence-electron chi connectivity index (χ0n) is 17.5. The number of nitrogens with one attached hydrogen (secondary N) is 2. The van der Waals surface area contributed by atoms with Crippen LogP contribution in [0.2, 0.25) is 0 Å². The van der Waals surface area contributed by atoms with E-state index in [4.69, 9.17) is 4.74 Å². The predicted octanol–water partition coefficient (Wildman–Crippen LogP) is 3.63. The Kier molecular flexibility index (Phi) is 5.11. The number of hydrogen-bond donors (Lipinski definition) is 2. The number of hydrogen-bond acceptors (Lipinski definition) is 5. The Morgan fingerprint density at radius 3 is 2.72 bits per heavy atom. The van der Waals surface area contributed by atoms with Gasteiger partial charge in [0.1, 0.15) is 11.2 Å². The minimum absolute atomic E-state index is 0.0107. The van der Waals surface area contributed by atoms with Crippen molar-refractivity contribution in [1.29, 1.82) is 5.26 Å². The van der Waals surface area contributed by atoms with E-state index in [0.717, 1.165) is 29.4 Å². The molecule has 3 heterocycles. The molecule has 162 valence electrons. The highest BCUT2D eigenvalue weighted by molar-refractivity contribution is 6.04. The topological polar surface area (TPSA) is 109 Å². The summed E-state index contributed by atoms with van der Waals surface area (Å²) in [5, 5.41) is 16.4. The molecule has 32 heavy (non-hydrogen) atoms. The van der Waals surface area contributed by atoms with Crippen LogP contribution in [0, 0.1) is 22.7 Å². The molecule has 2 N–H and O–H groups in total. The molecule has 0 bridgehead atoms. The molecule has 0 spiro atoms. The number of nitrogens with zero attached hydrogens (tertiary/aromatic N) is 3. The Balaban J connectivity index is 1.43. The van der Waals surface area contributed by atoms with Gasteiger partial charge in [0, 0.05) is 43.0 Å². The molecule has 8 nitrogen and oxygen atoms in total. The fraction of sp³-hybridized carbons (Fsp3) is 0.333. The number of pyridine rings is 1. The number of carbonyl (C=O) groups excluding carboxylic acids is 2. The highest BCUT2D eigenvalue weighted by atomic mass is 16.5. The molecular formula is C24H23N5O3. The fourth-order valence-electron chi connectivity index (χ4n) is 4.06. The maximum Gasteiger partial charge on any atom is 0.245 e. The average molecular weight is 429 g/mol. The summed E-state index contributed by atoms with van der Waals surface area (Å²) >= 11 is 0. The van der Waals surface area contributed by atoms with Crippen molar-refractivity contribution in [1.82, 2.24) is 9.55 Å². The van der Waals surface area contributed by atoms with Crippen LogP contribution in [-0.2, 0) is 14.3 Å². The van der Waals surface area contributed by atoms with Crippen LogP contribution in [0.1, 0.15) is 25.7 Å². The molecule has 1 saturated carbocycles. The molecule has 2 fully saturated rings. The fourth-order valence-corrected chi connectivity index (χ4v) is 4.06. The lowest BCUT2D eigenvalue weighted by Crippen LogP contribution is -2.39. The second-order valence-corrected chi connectivity index (χ2v) is 8.35. The number of carbonyl (C=O) groups is 2. The van der Waals surface area contributed by atoms with Crippen LogP contribution in [0.5, 0.6) is 0 Å². The lowest BCUT2D eigenvalue weighted by molar-refractivity contribution is -0.126. The number of ether oxygens (including phenoxy) is 1. The molecule has 0 radical (unpaired) electrons. The summed E-state index contributed by atoms with van der Waals surface area (Å²) in [6.07, 6.45) is 6.22. The Labute approximate surface area is 185 Å². The van der Waals surface area contributed by atoms with Gasteiger partial charge in [-0.15, -0.1) is 0 Å². The van der Waals surface area contributed by atoms with Gasteiger partial charge in [0.25, 0.3) is 0 Å². The largest absolute Gasteiger partial charge is 0.381 e. The number of anilines is 2. The second-order valence-electron chi connectivity index (χ2n) is 8.35. The van der Waals surface area contributed by atoms with Crippen LogP contribution >= 0.6 is 0 Å². The van der Waals surface area contributed by atoms with E-state index in [-0.39, 0.29) is 17.7 Å². The van der Waals surface area contributed by atoms with Crippen molar-refractivity contribution in [2.75, 3.05) is 23.8 Å². The first kappa shape index (κ1) is 20.2. The van der Waals surface area contributed by atoms with Gasteiger partial charge in [0.15, 0.2) is 0 Å². The van der Waals surface area contributed by atoms with E-state index in [1.165, 1.54) is 0 Å². The summed E-state index contributed by atoms with van der Waals surface area (Å²) in [4.78, 5) is 29.4. The van der Waals surface area contributed by atoms with E-state index in [9.17, 15) is 14.9 Å². The Hall–Kier alpha value is -3.70. The summed E-state index contributed by atoms with van der Waals surface area (Å²) < 4.78 is 7.31. The first-order valence-corrected chi connectivity index (χ1v) is 10.8. The van der Waals surface area contributed by atoms with E-state index >= 15 is 0 Å². The monoisotopic (exact) mass is 429 g/mol. The SMILES string of the molecule is N#CC1(C(=O)Nc2cccc3c2ccn3-c2ccnc(NC(=O)C3CC3)c2)CCOCC1. The minimum atomic E-state index is -1.07. The molecule has 8 heteroatoms. The van der Waals surface area contributed by atoms with Gasteiger partial charge >= 0.3 is 0 Å². The van der Waals surface area contributed by atoms with Crippen molar-refractivity contribution in [3.63, 3.8) is 0 Å². The quantitative estimate of drug-likeness (QED) is 0.644. The third-order valence-electron chi connectivity index (χ3n) is 6.20. The van der Waals surface area contributed by atoms with Gasteiger partial charge in [-0.2, -0.15) is 5.26 Å². The molecule has 2 aromatic heterocycles. The highest BCUT2D eigenvalue weighted by Crippen LogP contribution is 2.34. The number of amides is 2. The zero-order chi connectivity index (χ0) is 22.1. The molecular weight excluding hydrogens is 406 g/mol. The third kappa shape index (κ3) is 3.72. The number of benzene rings is 1. The van der Waals surface area contributed by atoms with Gasteiger partial charge in [-0.3, -0.25) is 9.59 Å². The summed E-state index contributed by atoms with van der Waals surface area (Å²) in [7, 11) is 0. The molecule has 1 aliphatic carbocycles. The van der Waals surface area contributed by atoms with Gasteiger partial charge in [0.2, 0.25) is 11.8 Å². The smallest absolute Gasteiger partial charge is 0.245 e. The van der Waals surface area contributed by atoms with E-state index in [1.54, 1.807) is 6.20 Å². The first-order valence-electron chi connectivity index (χ1n) is 10.8. The van der Waals surface area contributed by atoms with Crippen molar-refractivity contribution < 1.29 is 14.3 Å². The highest BCUT2D eigenvalue weighted by Gasteiger charge is 2.40. The third-order valence-corrected chi connectivity index (χ3v) is 6.20. The maximum atomic E-state index is 13.0. The van der Waals surface area contributed by atoms with Gasteiger partial charge < -0.3 is 19.9 Å². The Morgan fingerprint density at radius 2 is 1.97 bits per heavy atom. The Bertz CT molecular complexity index is 1230. The molecule has 1 aromatic carbocycles. The van der Waals surface area contributed by atoms with E-state index in [2.05, 4.69) is 21.7 Å². The lowest BCUT2D eigenvalue weighted by Gasteiger charge is -2.29. The van der Waals surface area contributed by atoms with Crippen LogP contribution in [0.15, 0.2) is 48.8 Å². The van der Waals surface area contributed by atoms with Crippen LogP contribution in [0.4, 0.5) is 11.5 Å². The lowest BCUT2D eigenvalue weighted by atomic mass is 9.81. The van der Waals surface area contributed by atoms with Crippen molar-refractivity contribution >= 4 is 34.2 Å². The van der Waals surface area contributed by atoms with Gasteiger partial charge in [0.05, 0.1) is 23.0 Å². The molecule has 5 rings (SSSR count). The van der Waals surface area contributed by atoms with Gasteiger partial charge in [-0.1, -0.05) is 6.07 Å². The number of fused-ring (bicyclic) bond motifs is 1. The summed E-state index contributed by atoms with van der Waals surface area (Å²) in [5.41, 5.74) is 1.33. The Morgan fingerprint density at radius 1 is 1.16 bits per heavy atom. The van der Waals surface area contributed by atoms with Gasteiger partial charge in [-0.05, 0) is 49.9 Å². The summed E-state index contributed by atoms with van der Waals surface area (Å²) in [6, 6.07) is 13.5. The molecule has 0 atom stereocenters. The predicted molar refractivity (Wildman–Crippen MR) is 119 cm³/mol. The molecule has 0 unspecified atom stereocenters. The van der Waals surface area contributed by atoms with Crippen molar-refractivity contribution in [3.05, 3.63) is 48.8 Å². The first-order chi connectivity index (χ1) is 15.6. The van der Waals surface area contributed by atoms with Crippen molar-refractivity contribution in [2.45, 2.75) is 25.7 Å². The minimum Gasteiger partial charge on any atom is -0.381 e. The molecule has 2 amide bonds. The van der Waals surface area contributed by atoms with Gasteiger partial charge in [-0.25, -0.2) is 4.98 Å². The van der Waals surface area contributed by atoms with E-state index in [0.29, 0.717) is 37.6 Å². The summed E-state index contributed by atoms with van der Waals surface area (Å²) in [6.45, 7) is 0.812. The van der Waals surface area contributed by atoms with Crippen LogP contribution in [0.25, 0.3) is 16.6 Å². The van der Waals surface area contributed by atoms with E-state index in [1.807, 2.05) is 47.2 Å². The number of aromatic nitrogens is 2. The summed E-state index contributed by atoms with van der Waals surface area (Å²) in [5.74, 6) is 0.335. The molecule has 1 aliphatic heterocycles. The zero-order valence-corrected chi connectivity index (χ0v) is 17.5. The average Bonchev–Trinajstić information content (AvgIpc) is 3.59. The van der Waals surface area contributed by atoms with Crippen molar-refractivity contribution in [2.24, 2.45) is 11.3 Å². The second kappa shape index (κ2) is 8.09. The number of nitriles is 1. The van der Waals surface area contributed by atoms with Crippen LogP contribution in [0.3, 0.4) is 0 Å². The normalized spacial score (nSPS) is 17.5. The van der Waals surface area contributed by atoms with Crippen LogP contribution in [-0.4, -0.2) is 34.6 Å². The van der Waals surface area contributed by atoms with Crippen LogP contribution < -0.4 is 10.6 Å². The maximum absolute atomic E-state index is 13.0. The number of rotatable bonds is 5. The molecule has 2 aliphatic rings.